The SMILES string of the molecule is C.C=C(C)C(=O)OS. The van der Waals surface area contributed by atoms with E-state index in [0.29, 0.717) is 5.57 Å². The Balaban J connectivity index is 0. The molecule has 0 radical (unpaired) electrons. The lowest BCUT2D eigenvalue weighted by Gasteiger charge is -1.89. The molecule has 0 amide bonds. The Morgan fingerprint density at radius 3 is 2.12 bits per heavy atom. The van der Waals surface area contributed by atoms with Crippen molar-refractivity contribution in [3.05, 3.63) is 12.2 Å². The van der Waals surface area contributed by atoms with Gasteiger partial charge in [0.25, 0.3) is 0 Å². The van der Waals surface area contributed by atoms with Crippen LogP contribution >= 0.6 is 12.9 Å². The molecule has 0 aliphatic rings. The highest BCUT2D eigenvalue weighted by Gasteiger charge is 1.96. The lowest BCUT2D eigenvalue weighted by Crippen LogP contribution is -1.95. The Labute approximate surface area is 55.2 Å². The van der Waals surface area contributed by atoms with E-state index in [0.717, 1.165) is 0 Å². The maximum absolute atomic E-state index is 10.1. The van der Waals surface area contributed by atoms with E-state index < -0.39 is 5.97 Å². The van der Waals surface area contributed by atoms with Crippen molar-refractivity contribution in [1.29, 1.82) is 0 Å². The first-order valence-corrected chi connectivity index (χ1v) is 2.06. The number of carbonyl (C=O) groups is 1. The summed E-state index contributed by atoms with van der Waals surface area (Å²) in [6.07, 6.45) is 0. The van der Waals surface area contributed by atoms with Crippen LogP contribution < -0.4 is 0 Å². The fourth-order valence-electron chi connectivity index (χ4n) is 0.0779. The topological polar surface area (TPSA) is 26.3 Å². The fraction of sp³-hybridized carbons (Fsp3) is 0.400. The molecular formula is C5H10O2S. The highest BCUT2D eigenvalue weighted by Crippen LogP contribution is 1.91. The van der Waals surface area contributed by atoms with Gasteiger partial charge < -0.3 is 4.18 Å². The molecule has 0 atom stereocenters. The van der Waals surface area contributed by atoms with Gasteiger partial charge in [-0.1, -0.05) is 14.0 Å². The van der Waals surface area contributed by atoms with Gasteiger partial charge in [-0.05, 0) is 6.92 Å². The minimum absolute atomic E-state index is 0. The Morgan fingerprint density at radius 1 is 1.75 bits per heavy atom. The molecule has 0 N–H and O–H groups in total. The van der Waals surface area contributed by atoms with Crippen molar-refractivity contribution in [3.63, 3.8) is 0 Å². The number of thiol groups is 1. The average Bonchev–Trinajstić information content (AvgIpc) is 1.65. The number of hydrogen-bond donors (Lipinski definition) is 1. The van der Waals surface area contributed by atoms with Crippen molar-refractivity contribution >= 4 is 18.9 Å². The third-order valence-corrected chi connectivity index (χ3v) is 0.597. The summed E-state index contributed by atoms with van der Waals surface area (Å²) in [5.41, 5.74) is 0.356. The molecule has 2 nitrogen and oxygen atoms in total. The molecule has 0 aromatic heterocycles. The highest BCUT2D eigenvalue weighted by atomic mass is 32.1. The molecule has 0 aromatic rings. The maximum Gasteiger partial charge on any atom is 0.344 e. The third-order valence-electron chi connectivity index (χ3n) is 0.431. The van der Waals surface area contributed by atoms with Crippen LogP contribution in [0, 0.1) is 0 Å². The van der Waals surface area contributed by atoms with E-state index in [2.05, 4.69) is 23.7 Å². The molecule has 3 heteroatoms. The van der Waals surface area contributed by atoms with Crippen LogP contribution in [0.2, 0.25) is 0 Å². The van der Waals surface area contributed by atoms with Gasteiger partial charge in [0.15, 0.2) is 0 Å². The van der Waals surface area contributed by atoms with Gasteiger partial charge in [0, 0.05) is 18.5 Å². The van der Waals surface area contributed by atoms with E-state index >= 15 is 0 Å². The Kier molecular flexibility index (Phi) is 6.20. The zero-order chi connectivity index (χ0) is 5.86. The molecule has 0 saturated carbocycles. The summed E-state index contributed by atoms with van der Waals surface area (Å²) in [6, 6.07) is 0. The zero-order valence-corrected chi connectivity index (χ0v) is 4.87. The molecular weight excluding hydrogens is 124 g/mol. The predicted molar refractivity (Wildman–Crippen MR) is 36.6 cm³/mol. The summed E-state index contributed by atoms with van der Waals surface area (Å²) in [5.74, 6) is -0.483. The molecule has 0 aliphatic heterocycles. The van der Waals surface area contributed by atoms with E-state index in [1.165, 1.54) is 0 Å². The standard InChI is InChI=1S/C4H6O2S.CH4/c1-3(2)4(5)6-7;/h7H,1H2,2H3;1H4. The van der Waals surface area contributed by atoms with Crippen molar-refractivity contribution in [3.8, 4) is 0 Å². The molecule has 0 unspecified atom stereocenters. The second-order valence-electron chi connectivity index (χ2n) is 1.16. The molecule has 0 saturated heterocycles. The predicted octanol–water partition coefficient (Wildman–Crippen LogP) is 1.59. The van der Waals surface area contributed by atoms with Gasteiger partial charge in [0.1, 0.15) is 0 Å². The molecule has 0 fully saturated rings. The summed E-state index contributed by atoms with van der Waals surface area (Å²) < 4.78 is 3.97. The minimum Gasteiger partial charge on any atom is -0.391 e. The van der Waals surface area contributed by atoms with Gasteiger partial charge in [0.2, 0.25) is 0 Å². The van der Waals surface area contributed by atoms with Crippen molar-refractivity contribution in [2.24, 2.45) is 0 Å². The first kappa shape index (κ1) is 10.5. The Bertz CT molecular complexity index is 98.6. The zero-order valence-electron chi connectivity index (χ0n) is 3.97. The van der Waals surface area contributed by atoms with Gasteiger partial charge in [-0.2, -0.15) is 0 Å². The average molecular weight is 134 g/mol. The molecule has 0 bridgehead atoms. The fourth-order valence-corrected chi connectivity index (χ4v) is 0.234. The highest BCUT2D eigenvalue weighted by molar-refractivity contribution is 7.75. The van der Waals surface area contributed by atoms with Gasteiger partial charge >= 0.3 is 5.97 Å². The lowest BCUT2D eigenvalue weighted by atomic mass is 10.4. The molecule has 8 heavy (non-hydrogen) atoms. The number of rotatable bonds is 1. The Morgan fingerprint density at radius 2 is 2.12 bits per heavy atom. The van der Waals surface area contributed by atoms with Crippen molar-refractivity contribution in [1.82, 2.24) is 0 Å². The van der Waals surface area contributed by atoms with Crippen LogP contribution in [0.25, 0.3) is 0 Å². The van der Waals surface area contributed by atoms with E-state index in [9.17, 15) is 4.79 Å². The molecule has 0 rings (SSSR count). The normalized spacial score (nSPS) is 6.75. The lowest BCUT2D eigenvalue weighted by molar-refractivity contribution is -0.128. The van der Waals surface area contributed by atoms with Crippen molar-refractivity contribution < 1.29 is 8.98 Å². The number of carbonyl (C=O) groups excluding carboxylic acids is 1. The van der Waals surface area contributed by atoms with Crippen LogP contribution in [-0.4, -0.2) is 5.97 Å². The molecule has 48 valence electrons. The smallest absolute Gasteiger partial charge is 0.344 e. The van der Waals surface area contributed by atoms with Crippen molar-refractivity contribution in [2.45, 2.75) is 14.4 Å². The maximum atomic E-state index is 10.1. The van der Waals surface area contributed by atoms with Crippen molar-refractivity contribution in [2.75, 3.05) is 0 Å². The van der Waals surface area contributed by atoms with Crippen LogP contribution in [0.3, 0.4) is 0 Å². The molecule has 0 spiro atoms. The van der Waals surface area contributed by atoms with Gasteiger partial charge in [-0.15, -0.1) is 0 Å². The third kappa shape index (κ3) is 3.74. The quantitative estimate of drug-likeness (QED) is 0.335. The minimum atomic E-state index is -0.483. The van der Waals surface area contributed by atoms with Crippen LogP contribution in [-0.2, 0) is 8.98 Å². The summed E-state index contributed by atoms with van der Waals surface area (Å²) >= 11 is 3.24. The summed E-state index contributed by atoms with van der Waals surface area (Å²) in [6.45, 7) is 4.86. The second kappa shape index (κ2) is 4.71. The van der Waals surface area contributed by atoms with Crippen LogP contribution in [0.15, 0.2) is 12.2 Å². The molecule has 0 heterocycles. The van der Waals surface area contributed by atoms with Crippen LogP contribution in [0.1, 0.15) is 14.4 Å². The van der Waals surface area contributed by atoms with Gasteiger partial charge in [-0.3, -0.25) is 0 Å². The van der Waals surface area contributed by atoms with E-state index in [1.54, 1.807) is 6.92 Å². The molecule has 0 aromatic carbocycles. The first-order chi connectivity index (χ1) is 3.18. The Hall–Kier alpha value is -0.440. The summed E-state index contributed by atoms with van der Waals surface area (Å²) in [4.78, 5) is 10.1. The van der Waals surface area contributed by atoms with Crippen LogP contribution in [0.4, 0.5) is 0 Å². The summed E-state index contributed by atoms with van der Waals surface area (Å²) in [7, 11) is 0. The molecule has 0 aliphatic carbocycles. The largest absolute Gasteiger partial charge is 0.391 e. The van der Waals surface area contributed by atoms with Gasteiger partial charge in [-0.25, -0.2) is 4.79 Å². The van der Waals surface area contributed by atoms with Gasteiger partial charge in [0.05, 0.1) is 0 Å². The van der Waals surface area contributed by atoms with Crippen LogP contribution in [0.5, 0.6) is 0 Å². The van der Waals surface area contributed by atoms with E-state index in [4.69, 9.17) is 0 Å². The first-order valence-electron chi connectivity index (χ1n) is 1.69. The second-order valence-corrected chi connectivity index (χ2v) is 1.34. The summed E-state index contributed by atoms with van der Waals surface area (Å²) in [5, 5.41) is 0. The van der Waals surface area contributed by atoms with E-state index in [1.807, 2.05) is 0 Å². The number of hydrogen-bond acceptors (Lipinski definition) is 3. The van der Waals surface area contributed by atoms with E-state index in [-0.39, 0.29) is 7.43 Å². The monoisotopic (exact) mass is 134 g/mol.